The Bertz CT molecular complexity index is 491. The van der Waals surface area contributed by atoms with E-state index in [-0.39, 0.29) is 0 Å². The molecule has 0 saturated heterocycles. The van der Waals surface area contributed by atoms with Crippen LogP contribution in [0.1, 0.15) is 36.8 Å². The van der Waals surface area contributed by atoms with Gasteiger partial charge in [0.1, 0.15) is 0 Å². The van der Waals surface area contributed by atoms with E-state index in [4.69, 9.17) is 4.74 Å². The molecule has 1 aliphatic carbocycles. The third-order valence-corrected chi connectivity index (χ3v) is 4.39. The van der Waals surface area contributed by atoms with Gasteiger partial charge in [-0.3, -0.25) is 0 Å². The van der Waals surface area contributed by atoms with Crippen LogP contribution in [0, 0.1) is 0 Å². The van der Waals surface area contributed by atoms with Crippen LogP contribution in [0.5, 0.6) is 0 Å². The van der Waals surface area contributed by atoms with Crippen LogP contribution in [-0.2, 0) is 17.9 Å². The van der Waals surface area contributed by atoms with Crippen molar-refractivity contribution in [1.82, 2.24) is 5.32 Å². The number of ether oxygens (including phenoxy) is 1. The van der Waals surface area contributed by atoms with Crippen molar-refractivity contribution in [2.45, 2.75) is 51.0 Å². The molecule has 0 bridgehead atoms. The van der Waals surface area contributed by atoms with Gasteiger partial charge in [-0.05, 0) is 36.8 Å². The smallest absolute Gasteiger partial charge is 0.0720 e. The van der Waals surface area contributed by atoms with Gasteiger partial charge in [0.25, 0.3) is 0 Å². The minimum Gasteiger partial charge on any atom is -0.373 e. The predicted molar refractivity (Wildman–Crippen MR) is 90.6 cm³/mol. The molecule has 0 radical (unpaired) electrons. The zero-order valence-corrected chi connectivity index (χ0v) is 13.1. The summed E-state index contributed by atoms with van der Waals surface area (Å²) in [5, 5.41) is 3.69. The lowest BCUT2D eigenvalue weighted by Gasteiger charge is -2.30. The Morgan fingerprint density at radius 1 is 0.864 bits per heavy atom. The molecule has 0 aliphatic heterocycles. The van der Waals surface area contributed by atoms with Gasteiger partial charge in [0, 0.05) is 12.6 Å². The molecule has 2 nitrogen and oxygen atoms in total. The molecule has 1 fully saturated rings. The van der Waals surface area contributed by atoms with Crippen LogP contribution in [0.25, 0.3) is 0 Å². The van der Waals surface area contributed by atoms with E-state index in [1.165, 1.54) is 30.4 Å². The Kier molecular flexibility index (Phi) is 5.63. The molecule has 1 N–H and O–H groups in total. The molecule has 2 aromatic rings. The fourth-order valence-electron chi connectivity index (χ4n) is 3.13. The normalized spacial score (nSPS) is 21.6. The highest BCUT2D eigenvalue weighted by atomic mass is 16.5. The van der Waals surface area contributed by atoms with Gasteiger partial charge in [-0.15, -0.1) is 0 Å². The van der Waals surface area contributed by atoms with Gasteiger partial charge in [-0.25, -0.2) is 0 Å². The second-order valence-electron chi connectivity index (χ2n) is 6.15. The first-order valence-electron chi connectivity index (χ1n) is 8.33. The summed E-state index contributed by atoms with van der Waals surface area (Å²) in [5.74, 6) is 0. The van der Waals surface area contributed by atoms with E-state index >= 15 is 0 Å². The van der Waals surface area contributed by atoms with Crippen LogP contribution >= 0.6 is 0 Å². The first kappa shape index (κ1) is 15.3. The summed E-state index contributed by atoms with van der Waals surface area (Å²) in [4.78, 5) is 0. The number of rotatable bonds is 6. The van der Waals surface area contributed by atoms with E-state index in [1.807, 2.05) is 6.07 Å². The Hall–Kier alpha value is -1.64. The van der Waals surface area contributed by atoms with Crippen molar-refractivity contribution in [3.63, 3.8) is 0 Å². The Morgan fingerprint density at radius 2 is 1.55 bits per heavy atom. The Balaban J connectivity index is 1.43. The molecule has 0 amide bonds. The van der Waals surface area contributed by atoms with Crippen LogP contribution < -0.4 is 5.32 Å². The topological polar surface area (TPSA) is 21.3 Å². The summed E-state index contributed by atoms with van der Waals surface area (Å²) in [6, 6.07) is 21.7. The molecular weight excluding hydrogens is 270 g/mol. The Labute approximate surface area is 133 Å². The van der Waals surface area contributed by atoms with Crippen molar-refractivity contribution in [2.75, 3.05) is 0 Å². The van der Waals surface area contributed by atoms with Crippen molar-refractivity contribution >= 4 is 0 Å². The molecule has 0 spiro atoms. The predicted octanol–water partition coefficient (Wildman–Crippen LogP) is 4.30. The molecule has 0 heterocycles. The van der Waals surface area contributed by atoms with E-state index in [1.54, 1.807) is 0 Å². The average Bonchev–Trinajstić information content (AvgIpc) is 2.60. The van der Waals surface area contributed by atoms with E-state index in [0.717, 1.165) is 19.6 Å². The SMILES string of the molecule is c1ccc(CNC2CCCC(OCc3ccccc3)C2)cc1. The maximum absolute atomic E-state index is 6.11. The van der Waals surface area contributed by atoms with E-state index in [9.17, 15) is 0 Å². The van der Waals surface area contributed by atoms with Gasteiger partial charge < -0.3 is 10.1 Å². The monoisotopic (exact) mass is 295 g/mol. The lowest BCUT2D eigenvalue weighted by Crippen LogP contribution is -2.36. The number of hydrogen-bond donors (Lipinski definition) is 1. The summed E-state index contributed by atoms with van der Waals surface area (Å²) < 4.78 is 6.11. The number of nitrogens with one attached hydrogen (secondary N) is 1. The zero-order chi connectivity index (χ0) is 15.0. The molecule has 22 heavy (non-hydrogen) atoms. The molecule has 2 aromatic carbocycles. The maximum Gasteiger partial charge on any atom is 0.0720 e. The summed E-state index contributed by atoms with van der Waals surface area (Å²) in [5.41, 5.74) is 2.62. The van der Waals surface area contributed by atoms with Crippen molar-refractivity contribution < 1.29 is 4.74 Å². The Morgan fingerprint density at radius 3 is 2.27 bits per heavy atom. The van der Waals surface area contributed by atoms with Gasteiger partial charge in [0.05, 0.1) is 12.7 Å². The molecule has 2 unspecified atom stereocenters. The molecular formula is C20H25NO. The highest BCUT2D eigenvalue weighted by Crippen LogP contribution is 2.22. The highest BCUT2D eigenvalue weighted by Gasteiger charge is 2.22. The highest BCUT2D eigenvalue weighted by molar-refractivity contribution is 5.14. The number of benzene rings is 2. The summed E-state index contributed by atoms with van der Waals surface area (Å²) in [6.45, 7) is 1.69. The quantitative estimate of drug-likeness (QED) is 0.857. The second-order valence-corrected chi connectivity index (χ2v) is 6.15. The van der Waals surface area contributed by atoms with Gasteiger partial charge in [0.15, 0.2) is 0 Å². The average molecular weight is 295 g/mol. The summed E-state index contributed by atoms with van der Waals surface area (Å²) >= 11 is 0. The molecule has 3 rings (SSSR count). The van der Waals surface area contributed by atoms with Gasteiger partial charge in [-0.1, -0.05) is 60.7 Å². The molecule has 0 aromatic heterocycles. The second kappa shape index (κ2) is 8.11. The lowest BCUT2D eigenvalue weighted by molar-refractivity contribution is 0.00832. The van der Waals surface area contributed by atoms with Crippen molar-refractivity contribution in [3.8, 4) is 0 Å². The van der Waals surface area contributed by atoms with E-state index in [2.05, 4.69) is 59.9 Å². The largest absolute Gasteiger partial charge is 0.373 e. The van der Waals surface area contributed by atoms with Crippen LogP contribution in [0.15, 0.2) is 60.7 Å². The maximum atomic E-state index is 6.11. The van der Waals surface area contributed by atoms with Crippen molar-refractivity contribution in [3.05, 3.63) is 71.8 Å². The molecule has 2 atom stereocenters. The summed E-state index contributed by atoms with van der Waals surface area (Å²) in [7, 11) is 0. The first-order chi connectivity index (χ1) is 10.9. The molecule has 2 heteroatoms. The fraction of sp³-hybridized carbons (Fsp3) is 0.400. The third-order valence-electron chi connectivity index (χ3n) is 4.39. The molecule has 1 aliphatic rings. The van der Waals surface area contributed by atoms with Crippen LogP contribution in [0.2, 0.25) is 0 Å². The van der Waals surface area contributed by atoms with Crippen LogP contribution in [-0.4, -0.2) is 12.1 Å². The molecule has 1 saturated carbocycles. The van der Waals surface area contributed by atoms with Crippen molar-refractivity contribution in [1.29, 1.82) is 0 Å². The van der Waals surface area contributed by atoms with Gasteiger partial charge >= 0.3 is 0 Å². The van der Waals surface area contributed by atoms with Crippen LogP contribution in [0.3, 0.4) is 0 Å². The number of hydrogen-bond acceptors (Lipinski definition) is 2. The zero-order valence-electron chi connectivity index (χ0n) is 13.1. The van der Waals surface area contributed by atoms with E-state index < -0.39 is 0 Å². The lowest BCUT2D eigenvalue weighted by atomic mass is 9.92. The minimum atomic E-state index is 0.391. The standard InChI is InChI=1S/C20H25NO/c1-3-8-17(9-4-1)15-21-19-12-7-13-20(14-19)22-16-18-10-5-2-6-11-18/h1-6,8-11,19-21H,7,12-16H2. The summed E-state index contributed by atoms with van der Waals surface area (Å²) in [6.07, 6.45) is 5.22. The minimum absolute atomic E-state index is 0.391. The van der Waals surface area contributed by atoms with Gasteiger partial charge in [0.2, 0.25) is 0 Å². The van der Waals surface area contributed by atoms with Gasteiger partial charge in [-0.2, -0.15) is 0 Å². The van der Waals surface area contributed by atoms with E-state index in [0.29, 0.717) is 12.1 Å². The molecule has 116 valence electrons. The fourth-order valence-corrected chi connectivity index (χ4v) is 3.13. The third kappa shape index (κ3) is 4.69. The first-order valence-corrected chi connectivity index (χ1v) is 8.33. The van der Waals surface area contributed by atoms with Crippen molar-refractivity contribution in [2.24, 2.45) is 0 Å². The van der Waals surface area contributed by atoms with Crippen LogP contribution in [0.4, 0.5) is 0 Å².